The van der Waals surface area contributed by atoms with Gasteiger partial charge in [0.15, 0.2) is 5.78 Å². The quantitative estimate of drug-likeness (QED) is 0.795. The van der Waals surface area contributed by atoms with Crippen molar-refractivity contribution >= 4 is 11.8 Å². The van der Waals surface area contributed by atoms with Gasteiger partial charge in [0.25, 0.3) is 0 Å². The molecule has 0 spiro atoms. The predicted molar refractivity (Wildman–Crippen MR) is 54.5 cm³/mol. The summed E-state index contributed by atoms with van der Waals surface area (Å²) in [6, 6.07) is 2.88. The topological polar surface area (TPSA) is 72.4 Å². The lowest BCUT2D eigenvalue weighted by molar-refractivity contribution is 0.0686. The fourth-order valence-corrected chi connectivity index (χ4v) is 1.46. The Kier molecular flexibility index (Phi) is 2.36. The van der Waals surface area contributed by atoms with Gasteiger partial charge in [0.1, 0.15) is 12.0 Å². The van der Waals surface area contributed by atoms with Gasteiger partial charge in [-0.05, 0) is 12.1 Å². The van der Waals surface area contributed by atoms with E-state index in [1.165, 1.54) is 35.4 Å². The van der Waals surface area contributed by atoms with Gasteiger partial charge in [0.05, 0.1) is 11.8 Å². The third-order valence-electron chi connectivity index (χ3n) is 2.27. The van der Waals surface area contributed by atoms with E-state index in [9.17, 15) is 9.59 Å². The van der Waals surface area contributed by atoms with Gasteiger partial charge >= 0.3 is 5.97 Å². The van der Waals surface area contributed by atoms with E-state index in [0.717, 1.165) is 0 Å². The first-order valence-corrected chi connectivity index (χ1v) is 4.56. The zero-order valence-electron chi connectivity index (χ0n) is 8.51. The molecule has 2 rings (SSSR count). The van der Waals surface area contributed by atoms with Crippen LogP contribution in [0.25, 0.3) is 0 Å². The monoisotopic (exact) mass is 219 g/mol. The van der Waals surface area contributed by atoms with Crippen LogP contribution in [0, 0.1) is 0 Å². The summed E-state index contributed by atoms with van der Waals surface area (Å²) in [7, 11) is 1.58. The number of carbonyl (C=O) groups excluding carboxylic acids is 1. The third-order valence-corrected chi connectivity index (χ3v) is 2.27. The van der Waals surface area contributed by atoms with E-state index in [4.69, 9.17) is 9.52 Å². The van der Waals surface area contributed by atoms with Gasteiger partial charge < -0.3 is 14.1 Å². The molecule has 0 atom stereocenters. The number of hydrogen-bond donors (Lipinski definition) is 1. The van der Waals surface area contributed by atoms with Gasteiger partial charge in [-0.15, -0.1) is 0 Å². The normalized spacial score (nSPS) is 10.3. The number of carboxylic acid groups (broad SMARTS) is 1. The molecule has 0 bridgehead atoms. The molecule has 0 aliphatic heterocycles. The minimum absolute atomic E-state index is 0.0758. The van der Waals surface area contributed by atoms with Crippen LogP contribution < -0.4 is 0 Å². The highest BCUT2D eigenvalue weighted by atomic mass is 16.4. The Labute approximate surface area is 90.9 Å². The van der Waals surface area contributed by atoms with Crippen LogP contribution in [0.1, 0.15) is 26.4 Å². The van der Waals surface area contributed by atoms with E-state index in [0.29, 0.717) is 11.1 Å². The molecule has 2 aromatic rings. The number of aromatic nitrogens is 1. The molecule has 16 heavy (non-hydrogen) atoms. The Hall–Kier alpha value is -2.30. The fraction of sp³-hybridized carbons (Fsp3) is 0.0909. The summed E-state index contributed by atoms with van der Waals surface area (Å²) in [6.07, 6.45) is 4.21. The van der Waals surface area contributed by atoms with Crippen LogP contribution in [0.5, 0.6) is 0 Å². The molecule has 82 valence electrons. The maximum absolute atomic E-state index is 11.8. The number of aryl methyl sites for hydroxylation is 1. The second kappa shape index (κ2) is 3.69. The molecule has 0 aliphatic rings. The highest BCUT2D eigenvalue weighted by molar-refractivity contribution is 6.09. The first kappa shape index (κ1) is 10.2. The van der Waals surface area contributed by atoms with E-state index in [1.807, 2.05) is 0 Å². The molecular weight excluding hydrogens is 210 g/mol. The van der Waals surface area contributed by atoms with E-state index >= 15 is 0 Å². The van der Waals surface area contributed by atoms with Crippen molar-refractivity contribution in [2.45, 2.75) is 0 Å². The summed E-state index contributed by atoms with van der Waals surface area (Å²) in [4.78, 5) is 22.6. The minimum Gasteiger partial charge on any atom is -0.477 e. The molecule has 0 aromatic carbocycles. The SMILES string of the molecule is Cn1cc(C(=O)c2ccoc2)cc1C(=O)O. The molecule has 0 saturated carbocycles. The maximum Gasteiger partial charge on any atom is 0.352 e. The third kappa shape index (κ3) is 1.63. The van der Waals surface area contributed by atoms with E-state index in [-0.39, 0.29) is 11.5 Å². The number of aromatic carboxylic acids is 1. The summed E-state index contributed by atoms with van der Waals surface area (Å²) in [5, 5.41) is 8.84. The van der Waals surface area contributed by atoms with E-state index in [2.05, 4.69) is 0 Å². The predicted octanol–water partition coefficient (Wildman–Crippen LogP) is 1.55. The van der Waals surface area contributed by atoms with Gasteiger partial charge in [-0.3, -0.25) is 4.79 Å². The molecule has 1 N–H and O–H groups in total. The first-order chi connectivity index (χ1) is 7.59. The number of ketones is 1. The van der Waals surface area contributed by atoms with Crippen molar-refractivity contribution in [2.75, 3.05) is 0 Å². The van der Waals surface area contributed by atoms with Gasteiger partial charge in [-0.1, -0.05) is 0 Å². The molecule has 0 aliphatic carbocycles. The summed E-state index contributed by atoms with van der Waals surface area (Å²) in [5.74, 6) is -1.31. The average molecular weight is 219 g/mol. The molecule has 2 heterocycles. The Morgan fingerprint density at radius 2 is 2.12 bits per heavy atom. The van der Waals surface area contributed by atoms with Crippen LogP contribution in [0.4, 0.5) is 0 Å². The fourth-order valence-electron chi connectivity index (χ4n) is 1.46. The zero-order chi connectivity index (χ0) is 11.7. The molecule has 2 aromatic heterocycles. The van der Waals surface area contributed by atoms with Crippen molar-refractivity contribution in [3.8, 4) is 0 Å². The number of hydrogen-bond acceptors (Lipinski definition) is 3. The van der Waals surface area contributed by atoms with Gasteiger partial charge in [-0.2, -0.15) is 0 Å². The molecule has 0 radical (unpaired) electrons. The van der Waals surface area contributed by atoms with Gasteiger partial charge in [0, 0.05) is 18.8 Å². The molecule has 5 nitrogen and oxygen atoms in total. The number of furan rings is 1. The second-order valence-electron chi connectivity index (χ2n) is 3.37. The highest BCUT2D eigenvalue weighted by Gasteiger charge is 2.16. The molecule has 0 amide bonds. The van der Waals surface area contributed by atoms with E-state index < -0.39 is 5.97 Å². The lowest BCUT2D eigenvalue weighted by Gasteiger charge is -1.93. The zero-order valence-corrected chi connectivity index (χ0v) is 8.51. The van der Waals surface area contributed by atoms with Crippen LogP contribution in [0.2, 0.25) is 0 Å². The van der Waals surface area contributed by atoms with Crippen molar-refractivity contribution in [3.05, 3.63) is 47.7 Å². The number of nitrogens with zero attached hydrogens (tertiary/aromatic N) is 1. The maximum atomic E-state index is 11.8. The van der Waals surface area contributed by atoms with Crippen molar-refractivity contribution in [2.24, 2.45) is 7.05 Å². The molecule has 0 saturated heterocycles. The van der Waals surface area contributed by atoms with Crippen molar-refractivity contribution in [3.63, 3.8) is 0 Å². The average Bonchev–Trinajstić information content (AvgIpc) is 2.84. The Balaban J connectivity index is 2.39. The van der Waals surface area contributed by atoms with E-state index in [1.54, 1.807) is 7.05 Å². The Morgan fingerprint density at radius 3 is 2.62 bits per heavy atom. The lowest BCUT2D eigenvalue weighted by Crippen LogP contribution is -2.02. The lowest BCUT2D eigenvalue weighted by atomic mass is 10.1. The molecule has 0 fully saturated rings. The highest BCUT2D eigenvalue weighted by Crippen LogP contribution is 2.13. The van der Waals surface area contributed by atoms with Crippen LogP contribution in [0.3, 0.4) is 0 Å². The Bertz CT molecular complexity index is 536. The summed E-state index contributed by atoms with van der Waals surface area (Å²) in [6.45, 7) is 0. The van der Waals surface area contributed by atoms with Crippen molar-refractivity contribution in [1.82, 2.24) is 4.57 Å². The van der Waals surface area contributed by atoms with Gasteiger partial charge in [0.2, 0.25) is 0 Å². The van der Waals surface area contributed by atoms with Gasteiger partial charge in [-0.25, -0.2) is 4.79 Å². The van der Waals surface area contributed by atoms with Crippen molar-refractivity contribution < 1.29 is 19.1 Å². The second-order valence-corrected chi connectivity index (χ2v) is 3.37. The number of rotatable bonds is 3. The van der Waals surface area contributed by atoms with Crippen LogP contribution in [0.15, 0.2) is 35.3 Å². The summed E-state index contributed by atoms with van der Waals surface area (Å²) >= 11 is 0. The van der Waals surface area contributed by atoms with Crippen molar-refractivity contribution in [1.29, 1.82) is 0 Å². The minimum atomic E-state index is -1.06. The smallest absolute Gasteiger partial charge is 0.352 e. The first-order valence-electron chi connectivity index (χ1n) is 4.56. The standard InChI is InChI=1S/C11H9NO4/c1-12-5-8(4-9(12)11(14)15)10(13)7-2-3-16-6-7/h2-6H,1H3,(H,14,15). The van der Waals surface area contributed by atoms with Crippen LogP contribution in [-0.2, 0) is 7.05 Å². The molecular formula is C11H9NO4. The van der Waals surface area contributed by atoms with Crippen LogP contribution in [-0.4, -0.2) is 21.4 Å². The summed E-state index contributed by atoms with van der Waals surface area (Å²) in [5.41, 5.74) is 0.815. The number of carbonyl (C=O) groups is 2. The molecule has 0 unspecified atom stereocenters. The summed E-state index contributed by atoms with van der Waals surface area (Å²) < 4.78 is 6.20. The molecule has 5 heteroatoms. The largest absolute Gasteiger partial charge is 0.477 e. The number of carboxylic acids is 1. The Morgan fingerprint density at radius 1 is 1.38 bits per heavy atom. The van der Waals surface area contributed by atoms with Crippen LogP contribution >= 0.6 is 0 Å².